The molecule has 1 aliphatic heterocycles. The number of esters is 1. The highest BCUT2D eigenvalue weighted by molar-refractivity contribution is 5.83. The van der Waals surface area contributed by atoms with E-state index >= 15 is 0 Å². The summed E-state index contributed by atoms with van der Waals surface area (Å²) in [6, 6.07) is 9.94. The van der Waals surface area contributed by atoms with Gasteiger partial charge in [-0.1, -0.05) is 30.3 Å². The van der Waals surface area contributed by atoms with Gasteiger partial charge >= 0.3 is 5.97 Å². The SMILES string of the molecule is COC(=O)[C@@]1(c2ccccc2)O[C@H]2[C@@H]3C[C@@H]4[C@H]2[C@@H]4[C@@H]31. The Morgan fingerprint density at radius 1 is 1.26 bits per heavy atom. The van der Waals surface area contributed by atoms with E-state index in [-0.39, 0.29) is 5.97 Å². The van der Waals surface area contributed by atoms with Crippen molar-refractivity contribution in [2.45, 2.75) is 18.1 Å². The highest BCUT2D eigenvalue weighted by Gasteiger charge is 2.84. The van der Waals surface area contributed by atoms with Crippen molar-refractivity contribution in [3.8, 4) is 0 Å². The first-order valence-electron chi connectivity index (χ1n) is 7.11. The minimum absolute atomic E-state index is 0.206. The van der Waals surface area contributed by atoms with Crippen LogP contribution in [0.25, 0.3) is 0 Å². The molecule has 0 amide bonds. The molecule has 5 aliphatic rings. The monoisotopic (exact) mass is 256 g/mol. The average Bonchev–Trinajstić information content (AvgIpc) is 2.81. The van der Waals surface area contributed by atoms with Gasteiger partial charge < -0.3 is 9.47 Å². The maximum absolute atomic E-state index is 12.5. The lowest BCUT2D eigenvalue weighted by Crippen LogP contribution is -2.45. The molecule has 1 heterocycles. The largest absolute Gasteiger partial charge is 0.467 e. The normalized spacial score (nSPS) is 51.4. The topological polar surface area (TPSA) is 35.5 Å². The molecule has 1 aromatic rings. The van der Waals surface area contributed by atoms with Gasteiger partial charge in [0.2, 0.25) is 0 Å². The fraction of sp³-hybridized carbons (Fsp3) is 0.562. The molecule has 0 radical (unpaired) electrons. The van der Waals surface area contributed by atoms with Gasteiger partial charge in [0.1, 0.15) is 0 Å². The van der Waals surface area contributed by atoms with Crippen molar-refractivity contribution in [1.29, 1.82) is 0 Å². The van der Waals surface area contributed by atoms with Gasteiger partial charge in [-0.3, -0.25) is 0 Å². The third-order valence-electron chi connectivity index (χ3n) is 6.00. The Bertz CT molecular complexity index is 569. The standard InChI is InChI=1S/C16H16O3/c1-18-15(17)16(8-5-3-2-4-6-8)13-10-7-9-11(13)12(9)14(10)19-16/h2-6,9-14H,7H2,1H3/t9-,10+,11+,12-,13+,14-,16-/m0/s1. The Labute approximate surface area is 111 Å². The maximum atomic E-state index is 12.5. The van der Waals surface area contributed by atoms with Gasteiger partial charge in [0, 0.05) is 5.92 Å². The quantitative estimate of drug-likeness (QED) is 0.759. The van der Waals surface area contributed by atoms with E-state index in [9.17, 15) is 4.79 Å². The summed E-state index contributed by atoms with van der Waals surface area (Å²) >= 11 is 0. The molecular formula is C16H16O3. The van der Waals surface area contributed by atoms with Crippen LogP contribution in [-0.2, 0) is 19.9 Å². The number of carbonyl (C=O) groups excluding carboxylic acids is 1. The van der Waals surface area contributed by atoms with Crippen molar-refractivity contribution in [3.63, 3.8) is 0 Å². The Balaban J connectivity index is 1.69. The summed E-state index contributed by atoms with van der Waals surface area (Å²) in [5.74, 6) is 3.01. The molecule has 98 valence electrons. The summed E-state index contributed by atoms with van der Waals surface area (Å²) in [5.41, 5.74) is 0.156. The highest BCUT2D eigenvalue weighted by Crippen LogP contribution is 2.81. The van der Waals surface area contributed by atoms with E-state index < -0.39 is 5.60 Å². The van der Waals surface area contributed by atoms with Gasteiger partial charge in [0.25, 0.3) is 0 Å². The molecule has 0 spiro atoms. The van der Waals surface area contributed by atoms with E-state index in [1.165, 1.54) is 13.5 Å². The predicted molar refractivity (Wildman–Crippen MR) is 67.1 cm³/mol. The van der Waals surface area contributed by atoms with Crippen LogP contribution in [0.1, 0.15) is 12.0 Å². The molecule has 0 aromatic heterocycles. The van der Waals surface area contributed by atoms with Crippen molar-refractivity contribution < 1.29 is 14.3 Å². The Morgan fingerprint density at radius 3 is 2.63 bits per heavy atom. The molecule has 3 heteroatoms. The van der Waals surface area contributed by atoms with Crippen LogP contribution in [-0.4, -0.2) is 19.2 Å². The summed E-state index contributed by atoms with van der Waals surface area (Å²) in [6.07, 6.45) is 1.57. The molecule has 0 N–H and O–H groups in total. The van der Waals surface area contributed by atoms with Gasteiger partial charge in [-0.05, 0) is 35.7 Å². The molecule has 19 heavy (non-hydrogen) atoms. The van der Waals surface area contributed by atoms with Crippen LogP contribution in [0, 0.1) is 29.6 Å². The molecule has 6 rings (SSSR count). The molecule has 5 fully saturated rings. The minimum Gasteiger partial charge on any atom is -0.467 e. The summed E-state index contributed by atoms with van der Waals surface area (Å²) in [5, 5.41) is 0. The second-order valence-corrected chi connectivity index (χ2v) is 6.42. The van der Waals surface area contributed by atoms with Gasteiger partial charge in [-0.2, -0.15) is 0 Å². The molecule has 4 aliphatic carbocycles. The summed E-state index contributed by atoms with van der Waals surface area (Å²) in [7, 11) is 1.47. The number of hydrogen-bond donors (Lipinski definition) is 0. The Kier molecular flexibility index (Phi) is 1.67. The Morgan fingerprint density at radius 2 is 2.05 bits per heavy atom. The van der Waals surface area contributed by atoms with Crippen LogP contribution in [0.15, 0.2) is 30.3 Å². The molecular weight excluding hydrogens is 240 g/mol. The smallest absolute Gasteiger partial charge is 0.343 e. The van der Waals surface area contributed by atoms with Crippen LogP contribution in [0.2, 0.25) is 0 Å². The van der Waals surface area contributed by atoms with Crippen molar-refractivity contribution in [3.05, 3.63) is 35.9 Å². The van der Waals surface area contributed by atoms with Crippen LogP contribution < -0.4 is 0 Å². The van der Waals surface area contributed by atoms with E-state index in [0.29, 0.717) is 23.9 Å². The van der Waals surface area contributed by atoms with Crippen molar-refractivity contribution in [1.82, 2.24) is 0 Å². The van der Waals surface area contributed by atoms with Crippen LogP contribution >= 0.6 is 0 Å². The lowest BCUT2D eigenvalue weighted by molar-refractivity contribution is -0.180. The van der Waals surface area contributed by atoms with Crippen molar-refractivity contribution in [2.24, 2.45) is 29.6 Å². The van der Waals surface area contributed by atoms with Crippen LogP contribution in [0.5, 0.6) is 0 Å². The lowest BCUT2D eigenvalue weighted by atomic mass is 9.77. The third-order valence-corrected chi connectivity index (χ3v) is 6.00. The average molecular weight is 256 g/mol. The molecule has 3 nitrogen and oxygen atoms in total. The van der Waals surface area contributed by atoms with E-state index in [2.05, 4.69) is 0 Å². The number of hydrogen-bond acceptors (Lipinski definition) is 3. The second kappa shape index (κ2) is 3.04. The zero-order valence-electron chi connectivity index (χ0n) is 10.8. The molecule has 6 bridgehead atoms. The van der Waals surface area contributed by atoms with Crippen LogP contribution in [0.3, 0.4) is 0 Å². The highest BCUT2D eigenvalue weighted by atomic mass is 16.6. The van der Waals surface area contributed by atoms with E-state index in [1.54, 1.807) is 0 Å². The fourth-order valence-corrected chi connectivity index (χ4v) is 5.51. The van der Waals surface area contributed by atoms with E-state index in [0.717, 1.165) is 17.4 Å². The first-order valence-corrected chi connectivity index (χ1v) is 7.11. The molecule has 1 aromatic carbocycles. The number of ether oxygens (including phenoxy) is 2. The van der Waals surface area contributed by atoms with E-state index in [1.807, 2.05) is 30.3 Å². The Hall–Kier alpha value is -1.35. The van der Waals surface area contributed by atoms with E-state index in [4.69, 9.17) is 9.47 Å². The number of benzene rings is 1. The first kappa shape index (κ1) is 10.4. The van der Waals surface area contributed by atoms with Crippen molar-refractivity contribution in [2.75, 3.05) is 7.11 Å². The zero-order valence-corrected chi connectivity index (χ0v) is 10.8. The van der Waals surface area contributed by atoms with Gasteiger partial charge in [0.05, 0.1) is 13.2 Å². The van der Waals surface area contributed by atoms with Gasteiger partial charge in [0.15, 0.2) is 5.60 Å². The summed E-state index contributed by atoms with van der Waals surface area (Å²) in [6.45, 7) is 0. The lowest BCUT2D eigenvalue weighted by Gasteiger charge is -2.34. The summed E-state index contributed by atoms with van der Waals surface area (Å²) < 4.78 is 11.4. The van der Waals surface area contributed by atoms with Crippen LogP contribution in [0.4, 0.5) is 0 Å². The zero-order chi connectivity index (χ0) is 12.8. The molecule has 1 saturated heterocycles. The molecule has 4 saturated carbocycles. The third kappa shape index (κ3) is 0.940. The van der Waals surface area contributed by atoms with Crippen molar-refractivity contribution >= 4 is 5.97 Å². The minimum atomic E-state index is -0.822. The first-order chi connectivity index (χ1) is 9.29. The number of methoxy groups -OCH3 is 1. The van der Waals surface area contributed by atoms with Gasteiger partial charge in [-0.25, -0.2) is 4.79 Å². The fourth-order valence-electron chi connectivity index (χ4n) is 5.51. The maximum Gasteiger partial charge on any atom is 0.343 e. The van der Waals surface area contributed by atoms with Gasteiger partial charge in [-0.15, -0.1) is 0 Å². The summed E-state index contributed by atoms with van der Waals surface area (Å²) in [4.78, 5) is 12.5. The second-order valence-electron chi connectivity index (χ2n) is 6.42. The number of carbonyl (C=O) groups is 1. The number of rotatable bonds is 2. The molecule has 0 unspecified atom stereocenters. The molecule has 7 atom stereocenters. The predicted octanol–water partition coefficient (Wildman–Crippen LogP) is 1.97.